The lowest BCUT2D eigenvalue weighted by Gasteiger charge is -2.08. The van der Waals surface area contributed by atoms with Gasteiger partial charge in [-0.25, -0.2) is 0 Å². The highest BCUT2D eigenvalue weighted by Gasteiger charge is 2.19. The number of nitrogens with one attached hydrogen (secondary N) is 2. The maximum Gasteiger partial charge on any atom is 0.0929 e. The zero-order valence-electron chi connectivity index (χ0n) is 11.9. The third-order valence-electron chi connectivity index (χ3n) is 3.97. The zero-order valence-corrected chi connectivity index (χ0v) is 11.9. The molecule has 2 aromatic rings. The molecular weight excluding hydrogens is 234 g/mol. The minimum Gasteiger partial charge on any atom is -0.309 e. The van der Waals surface area contributed by atoms with Crippen molar-refractivity contribution in [1.29, 1.82) is 0 Å². The fraction of sp³-hybridized carbons (Fsp3) is 0.438. The van der Waals surface area contributed by atoms with Crippen LogP contribution < -0.4 is 5.32 Å². The molecule has 1 aliphatic heterocycles. The number of aryl methyl sites for hydroxylation is 3. The normalized spacial score (nSPS) is 19.0. The van der Waals surface area contributed by atoms with Crippen LogP contribution in [0.25, 0.3) is 11.3 Å². The van der Waals surface area contributed by atoms with E-state index in [1.54, 1.807) is 0 Å². The highest BCUT2D eigenvalue weighted by atomic mass is 15.1. The maximum atomic E-state index is 4.52. The van der Waals surface area contributed by atoms with Crippen molar-refractivity contribution < 1.29 is 0 Å². The second-order valence-electron chi connectivity index (χ2n) is 5.63. The quantitative estimate of drug-likeness (QED) is 0.863. The summed E-state index contributed by atoms with van der Waals surface area (Å²) >= 11 is 0. The van der Waals surface area contributed by atoms with Crippen LogP contribution in [0.4, 0.5) is 0 Å². The van der Waals surface area contributed by atoms with Crippen LogP contribution in [0.1, 0.15) is 41.3 Å². The van der Waals surface area contributed by atoms with Crippen molar-refractivity contribution in [2.24, 2.45) is 0 Å². The van der Waals surface area contributed by atoms with E-state index in [2.05, 4.69) is 54.5 Å². The predicted octanol–water partition coefficient (Wildman–Crippen LogP) is 3.43. The molecule has 1 aromatic heterocycles. The number of rotatable bonds is 2. The Morgan fingerprint density at radius 2 is 1.84 bits per heavy atom. The summed E-state index contributed by atoms with van der Waals surface area (Å²) in [6, 6.07) is 7.11. The summed E-state index contributed by atoms with van der Waals surface area (Å²) in [4.78, 5) is 0. The lowest BCUT2D eigenvalue weighted by Crippen LogP contribution is -2.12. The Kier molecular flexibility index (Phi) is 3.15. The Morgan fingerprint density at radius 1 is 1.11 bits per heavy atom. The van der Waals surface area contributed by atoms with E-state index in [0.29, 0.717) is 6.04 Å². The van der Waals surface area contributed by atoms with E-state index in [9.17, 15) is 0 Å². The van der Waals surface area contributed by atoms with Gasteiger partial charge >= 0.3 is 0 Å². The smallest absolute Gasteiger partial charge is 0.0929 e. The van der Waals surface area contributed by atoms with Gasteiger partial charge in [0, 0.05) is 11.6 Å². The first kappa shape index (κ1) is 12.4. The van der Waals surface area contributed by atoms with Crippen LogP contribution >= 0.6 is 0 Å². The van der Waals surface area contributed by atoms with Gasteiger partial charge in [0.25, 0.3) is 0 Å². The molecule has 0 spiro atoms. The highest BCUT2D eigenvalue weighted by Crippen LogP contribution is 2.30. The average Bonchev–Trinajstić information content (AvgIpc) is 2.97. The molecule has 19 heavy (non-hydrogen) atoms. The van der Waals surface area contributed by atoms with Crippen LogP contribution in [-0.4, -0.2) is 16.7 Å². The molecule has 0 bridgehead atoms. The molecule has 100 valence electrons. The van der Waals surface area contributed by atoms with Crippen molar-refractivity contribution in [3.05, 3.63) is 40.6 Å². The van der Waals surface area contributed by atoms with E-state index in [-0.39, 0.29) is 0 Å². The molecule has 1 atom stereocenters. The third kappa shape index (κ3) is 2.30. The van der Waals surface area contributed by atoms with Gasteiger partial charge in [0.1, 0.15) is 0 Å². The number of nitrogens with zero attached hydrogens (tertiary/aromatic N) is 1. The van der Waals surface area contributed by atoms with Crippen molar-refractivity contribution >= 4 is 0 Å². The molecule has 0 saturated carbocycles. The summed E-state index contributed by atoms with van der Waals surface area (Å²) < 4.78 is 0. The van der Waals surface area contributed by atoms with Gasteiger partial charge in [0.2, 0.25) is 0 Å². The molecule has 0 radical (unpaired) electrons. The summed E-state index contributed by atoms with van der Waals surface area (Å²) in [7, 11) is 0. The maximum absolute atomic E-state index is 4.52. The Hall–Kier alpha value is -1.61. The van der Waals surface area contributed by atoms with Crippen LogP contribution in [0.15, 0.2) is 18.2 Å². The number of aromatic nitrogens is 2. The summed E-state index contributed by atoms with van der Waals surface area (Å²) in [5.74, 6) is 0. The van der Waals surface area contributed by atoms with Crippen LogP contribution in [0.5, 0.6) is 0 Å². The van der Waals surface area contributed by atoms with Crippen molar-refractivity contribution in [3.63, 3.8) is 0 Å². The standard InChI is InChI=1S/C16H21N3/c1-10-7-11(2)16(12(3)8-10)15-9-14(18-19-15)13-5-4-6-17-13/h7-9,13,17H,4-6H2,1-3H3,(H,18,19). The molecule has 1 unspecified atom stereocenters. The second kappa shape index (κ2) is 4.82. The summed E-state index contributed by atoms with van der Waals surface area (Å²) in [6.07, 6.45) is 2.45. The molecule has 1 aliphatic rings. The number of benzene rings is 1. The van der Waals surface area contributed by atoms with E-state index >= 15 is 0 Å². The monoisotopic (exact) mass is 255 g/mol. The first-order chi connectivity index (χ1) is 9.15. The predicted molar refractivity (Wildman–Crippen MR) is 78.2 cm³/mol. The van der Waals surface area contributed by atoms with Gasteiger partial charge in [-0.05, 0) is 57.4 Å². The minimum atomic E-state index is 0.451. The topological polar surface area (TPSA) is 40.7 Å². The van der Waals surface area contributed by atoms with E-state index in [0.717, 1.165) is 12.2 Å². The number of hydrogen-bond donors (Lipinski definition) is 2. The Bertz CT molecular complexity index is 569. The molecule has 3 nitrogen and oxygen atoms in total. The first-order valence-corrected chi connectivity index (χ1v) is 7.02. The van der Waals surface area contributed by atoms with Crippen LogP contribution in [0, 0.1) is 20.8 Å². The van der Waals surface area contributed by atoms with Gasteiger partial charge in [-0.15, -0.1) is 0 Å². The molecule has 2 heterocycles. The van der Waals surface area contributed by atoms with E-state index in [1.165, 1.54) is 40.8 Å². The van der Waals surface area contributed by atoms with Crippen molar-refractivity contribution in [2.75, 3.05) is 6.54 Å². The fourth-order valence-corrected chi connectivity index (χ4v) is 3.18. The van der Waals surface area contributed by atoms with Crippen molar-refractivity contribution in [3.8, 4) is 11.3 Å². The molecule has 3 rings (SSSR count). The van der Waals surface area contributed by atoms with Gasteiger partial charge < -0.3 is 5.32 Å². The number of hydrogen-bond acceptors (Lipinski definition) is 2. The third-order valence-corrected chi connectivity index (χ3v) is 3.97. The summed E-state index contributed by atoms with van der Waals surface area (Å²) in [6.45, 7) is 7.58. The Morgan fingerprint density at radius 3 is 2.47 bits per heavy atom. The first-order valence-electron chi connectivity index (χ1n) is 7.02. The fourth-order valence-electron chi connectivity index (χ4n) is 3.18. The van der Waals surface area contributed by atoms with Gasteiger partial charge in [-0.1, -0.05) is 17.7 Å². The van der Waals surface area contributed by atoms with Crippen molar-refractivity contribution in [2.45, 2.75) is 39.7 Å². The van der Waals surface area contributed by atoms with Gasteiger partial charge in [-0.3, -0.25) is 5.10 Å². The van der Waals surface area contributed by atoms with Crippen molar-refractivity contribution in [1.82, 2.24) is 15.5 Å². The van der Waals surface area contributed by atoms with E-state index in [1.807, 2.05) is 0 Å². The highest BCUT2D eigenvalue weighted by molar-refractivity contribution is 5.68. The molecule has 1 fully saturated rings. The van der Waals surface area contributed by atoms with Gasteiger partial charge in [-0.2, -0.15) is 5.10 Å². The molecule has 0 aliphatic carbocycles. The van der Waals surface area contributed by atoms with Crippen LogP contribution in [-0.2, 0) is 0 Å². The van der Waals surface area contributed by atoms with E-state index < -0.39 is 0 Å². The Balaban J connectivity index is 1.98. The molecule has 0 amide bonds. The molecule has 1 aromatic carbocycles. The largest absolute Gasteiger partial charge is 0.309 e. The van der Waals surface area contributed by atoms with E-state index in [4.69, 9.17) is 0 Å². The molecule has 2 N–H and O–H groups in total. The lowest BCUT2D eigenvalue weighted by molar-refractivity contribution is 0.625. The van der Waals surface area contributed by atoms with Gasteiger partial charge in [0.15, 0.2) is 0 Å². The number of aromatic amines is 1. The lowest BCUT2D eigenvalue weighted by atomic mass is 9.97. The number of H-pyrrole nitrogens is 1. The minimum absolute atomic E-state index is 0.451. The zero-order chi connectivity index (χ0) is 13.4. The summed E-state index contributed by atoms with van der Waals surface area (Å²) in [5.41, 5.74) is 7.47. The summed E-state index contributed by atoms with van der Waals surface area (Å²) in [5, 5.41) is 11.2. The van der Waals surface area contributed by atoms with Crippen LogP contribution in [0.2, 0.25) is 0 Å². The average molecular weight is 255 g/mol. The van der Waals surface area contributed by atoms with Gasteiger partial charge in [0.05, 0.1) is 11.4 Å². The molecule has 3 heteroatoms. The van der Waals surface area contributed by atoms with Crippen LogP contribution in [0.3, 0.4) is 0 Å². The molecule has 1 saturated heterocycles. The Labute approximate surface area is 114 Å². The second-order valence-corrected chi connectivity index (χ2v) is 5.63. The SMILES string of the molecule is Cc1cc(C)c(-c2cc(C3CCCN3)[nH]n2)c(C)c1. The molecular formula is C16H21N3.